The molecule has 0 amide bonds. The molecule has 7 nitrogen and oxygen atoms in total. The third kappa shape index (κ3) is 4.36. The topological polar surface area (TPSA) is 73.5 Å². The first kappa shape index (κ1) is 14.6. The first-order valence-corrected chi connectivity index (χ1v) is 7.33. The first-order chi connectivity index (χ1) is 9.19. The molecule has 3 N–H and O–H groups in total. The Hall–Kier alpha value is -0.800. The number of nitrogens with zero attached hydrogens (tertiary/aromatic N) is 5. The third-order valence-corrected chi connectivity index (χ3v) is 4.09. The number of nitrogen functional groups attached to an aromatic ring is 1. The van der Waals surface area contributed by atoms with Crippen LogP contribution in [0.4, 0.5) is 5.00 Å². The fraction of sp³-hybridized carbons (Fsp3) is 0.818. The zero-order chi connectivity index (χ0) is 13.7. The second kappa shape index (κ2) is 7.11. The largest absolute Gasteiger partial charge is 0.313 e. The zero-order valence-electron chi connectivity index (χ0n) is 11.7. The normalized spacial score (nSPS) is 18.1. The highest BCUT2D eigenvalue weighted by Crippen LogP contribution is 2.18. The van der Waals surface area contributed by atoms with Gasteiger partial charge in [-0.25, -0.2) is 5.84 Å². The maximum atomic E-state index is 5.44. The molecule has 2 heterocycles. The Morgan fingerprint density at radius 3 is 2.58 bits per heavy atom. The molecule has 0 aromatic carbocycles. The molecule has 0 saturated carbocycles. The van der Waals surface area contributed by atoms with E-state index in [-0.39, 0.29) is 0 Å². The van der Waals surface area contributed by atoms with Crippen LogP contribution in [-0.4, -0.2) is 77.7 Å². The minimum Gasteiger partial charge on any atom is -0.313 e. The van der Waals surface area contributed by atoms with Crippen LogP contribution in [0.3, 0.4) is 0 Å². The van der Waals surface area contributed by atoms with E-state index in [1.54, 1.807) is 0 Å². The average Bonchev–Trinajstić information content (AvgIpc) is 2.85. The van der Waals surface area contributed by atoms with Crippen molar-refractivity contribution in [2.45, 2.75) is 6.54 Å². The maximum absolute atomic E-state index is 5.44. The lowest BCUT2D eigenvalue weighted by molar-refractivity contribution is 0.120. The van der Waals surface area contributed by atoms with Gasteiger partial charge in [-0.15, -0.1) is 5.10 Å². The Morgan fingerprint density at radius 2 is 1.95 bits per heavy atom. The van der Waals surface area contributed by atoms with Crippen molar-refractivity contribution in [2.75, 3.05) is 58.8 Å². The second-order valence-corrected chi connectivity index (χ2v) is 5.87. The molecular formula is C11H23N7S. The molecule has 1 aromatic rings. The number of nitrogens with one attached hydrogen (secondary N) is 1. The zero-order valence-corrected chi connectivity index (χ0v) is 12.5. The standard InChI is InChI=1S/C11H23N7S/c1-16(2)3-4-17-5-7-18(8-6-17)9-10-11(13-12)19-15-14-10/h13H,3-9,12H2,1-2H3. The quantitative estimate of drug-likeness (QED) is 0.539. The average molecular weight is 285 g/mol. The van der Waals surface area contributed by atoms with Crippen LogP contribution in [0, 0.1) is 0 Å². The maximum Gasteiger partial charge on any atom is 0.148 e. The van der Waals surface area contributed by atoms with Crippen LogP contribution >= 0.6 is 11.5 Å². The summed E-state index contributed by atoms with van der Waals surface area (Å²) in [5.41, 5.74) is 3.61. The van der Waals surface area contributed by atoms with Crippen LogP contribution in [0.1, 0.15) is 5.69 Å². The molecule has 19 heavy (non-hydrogen) atoms. The van der Waals surface area contributed by atoms with E-state index in [4.69, 9.17) is 5.84 Å². The van der Waals surface area contributed by atoms with Crippen molar-refractivity contribution in [3.8, 4) is 0 Å². The number of likely N-dealkylation sites (N-methyl/N-ethyl adjacent to an activating group) is 1. The van der Waals surface area contributed by atoms with Crippen LogP contribution in [0.2, 0.25) is 0 Å². The smallest absolute Gasteiger partial charge is 0.148 e. The van der Waals surface area contributed by atoms with Gasteiger partial charge >= 0.3 is 0 Å². The Kier molecular flexibility index (Phi) is 5.46. The minimum absolute atomic E-state index is 0.831. The molecule has 0 unspecified atom stereocenters. The lowest BCUT2D eigenvalue weighted by atomic mass is 10.3. The number of piperazine rings is 1. The predicted molar refractivity (Wildman–Crippen MR) is 78.0 cm³/mol. The van der Waals surface area contributed by atoms with Crippen molar-refractivity contribution in [1.82, 2.24) is 24.3 Å². The molecule has 0 bridgehead atoms. The Morgan fingerprint density at radius 1 is 1.26 bits per heavy atom. The predicted octanol–water partition coefficient (Wildman–Crippen LogP) is -0.497. The Balaban J connectivity index is 1.74. The molecule has 108 valence electrons. The highest BCUT2D eigenvalue weighted by atomic mass is 32.1. The minimum atomic E-state index is 0.831. The summed E-state index contributed by atoms with van der Waals surface area (Å²) in [6, 6.07) is 0. The van der Waals surface area contributed by atoms with E-state index in [1.807, 2.05) is 0 Å². The van der Waals surface area contributed by atoms with E-state index in [0.29, 0.717) is 0 Å². The fourth-order valence-corrected chi connectivity index (χ4v) is 2.63. The van der Waals surface area contributed by atoms with Gasteiger partial charge in [-0.2, -0.15) is 0 Å². The fourth-order valence-electron chi connectivity index (χ4n) is 2.15. The summed E-state index contributed by atoms with van der Waals surface area (Å²) in [5, 5.41) is 4.99. The molecule has 2 rings (SSSR count). The van der Waals surface area contributed by atoms with Gasteiger partial charge in [0.15, 0.2) is 0 Å². The molecule has 0 atom stereocenters. The lowest BCUT2D eigenvalue weighted by Crippen LogP contribution is -2.47. The summed E-state index contributed by atoms with van der Waals surface area (Å²) in [6.45, 7) is 7.50. The summed E-state index contributed by atoms with van der Waals surface area (Å²) < 4.78 is 3.93. The van der Waals surface area contributed by atoms with E-state index >= 15 is 0 Å². The van der Waals surface area contributed by atoms with E-state index in [2.05, 4.69) is 43.8 Å². The molecule has 0 spiro atoms. The number of hydrogen-bond donors (Lipinski definition) is 2. The van der Waals surface area contributed by atoms with E-state index < -0.39 is 0 Å². The van der Waals surface area contributed by atoms with Gasteiger partial charge in [-0.1, -0.05) is 4.49 Å². The number of anilines is 1. The molecule has 8 heteroatoms. The van der Waals surface area contributed by atoms with Crippen molar-refractivity contribution in [3.05, 3.63) is 5.69 Å². The van der Waals surface area contributed by atoms with Crippen molar-refractivity contribution in [2.24, 2.45) is 5.84 Å². The number of rotatable bonds is 6. The van der Waals surface area contributed by atoms with Crippen molar-refractivity contribution in [1.29, 1.82) is 0 Å². The van der Waals surface area contributed by atoms with Crippen LogP contribution in [0.5, 0.6) is 0 Å². The van der Waals surface area contributed by atoms with Gasteiger partial charge in [-0.05, 0) is 14.1 Å². The number of aromatic nitrogens is 2. The summed E-state index contributed by atoms with van der Waals surface area (Å²) in [4.78, 5) is 7.15. The SMILES string of the molecule is CN(C)CCN1CCN(Cc2nnsc2NN)CC1. The van der Waals surface area contributed by atoms with Gasteiger partial charge < -0.3 is 10.3 Å². The summed E-state index contributed by atoms with van der Waals surface area (Å²) in [5.74, 6) is 5.44. The summed E-state index contributed by atoms with van der Waals surface area (Å²) in [6.07, 6.45) is 0. The van der Waals surface area contributed by atoms with Gasteiger partial charge in [0.25, 0.3) is 0 Å². The highest BCUT2D eigenvalue weighted by Gasteiger charge is 2.19. The van der Waals surface area contributed by atoms with E-state index in [1.165, 1.54) is 11.5 Å². The van der Waals surface area contributed by atoms with Crippen molar-refractivity contribution in [3.63, 3.8) is 0 Å². The van der Waals surface area contributed by atoms with Crippen molar-refractivity contribution >= 4 is 16.5 Å². The van der Waals surface area contributed by atoms with Gasteiger partial charge in [-0.3, -0.25) is 9.80 Å². The molecule has 1 aliphatic heterocycles. The van der Waals surface area contributed by atoms with Crippen LogP contribution < -0.4 is 11.3 Å². The first-order valence-electron chi connectivity index (χ1n) is 6.56. The van der Waals surface area contributed by atoms with Crippen LogP contribution in [0.15, 0.2) is 0 Å². The summed E-state index contributed by atoms with van der Waals surface area (Å²) >= 11 is 1.31. The molecule has 0 radical (unpaired) electrons. The molecule has 1 saturated heterocycles. The molecule has 1 aliphatic rings. The Labute approximate surface area is 118 Å². The van der Waals surface area contributed by atoms with Gasteiger partial charge in [0.05, 0.1) is 0 Å². The van der Waals surface area contributed by atoms with Crippen LogP contribution in [0.25, 0.3) is 0 Å². The molecule has 1 aromatic heterocycles. The third-order valence-electron chi connectivity index (χ3n) is 3.39. The highest BCUT2D eigenvalue weighted by molar-refractivity contribution is 7.10. The monoisotopic (exact) mass is 285 g/mol. The number of hydrogen-bond acceptors (Lipinski definition) is 8. The van der Waals surface area contributed by atoms with Gasteiger partial charge in [0.1, 0.15) is 10.7 Å². The van der Waals surface area contributed by atoms with Gasteiger partial charge in [0.2, 0.25) is 0 Å². The van der Waals surface area contributed by atoms with E-state index in [0.717, 1.165) is 56.5 Å². The van der Waals surface area contributed by atoms with Gasteiger partial charge in [0, 0.05) is 57.3 Å². The van der Waals surface area contributed by atoms with Crippen LogP contribution in [-0.2, 0) is 6.54 Å². The second-order valence-electron chi connectivity index (χ2n) is 5.11. The number of nitrogens with two attached hydrogens (primary N) is 1. The summed E-state index contributed by atoms with van der Waals surface area (Å²) in [7, 11) is 4.24. The van der Waals surface area contributed by atoms with Crippen molar-refractivity contribution < 1.29 is 0 Å². The van der Waals surface area contributed by atoms with E-state index in [9.17, 15) is 0 Å². The number of hydrazine groups is 1. The lowest BCUT2D eigenvalue weighted by Gasteiger charge is -2.34. The molecular weight excluding hydrogens is 262 g/mol. The Bertz CT molecular complexity index is 373. The molecule has 1 fully saturated rings. The molecule has 0 aliphatic carbocycles.